The van der Waals surface area contributed by atoms with Gasteiger partial charge in [-0.25, -0.2) is 0 Å². The van der Waals surface area contributed by atoms with Gasteiger partial charge in [0, 0.05) is 0 Å². The zero-order chi connectivity index (χ0) is 10.9. The highest BCUT2D eigenvalue weighted by Crippen LogP contribution is 2.45. The molecule has 0 heteroatoms. The molecule has 0 aromatic heterocycles. The molecule has 0 heterocycles. The Bertz CT molecular complexity index is 178. The van der Waals surface area contributed by atoms with Crippen LogP contribution in [0.4, 0.5) is 0 Å². The van der Waals surface area contributed by atoms with Crippen LogP contribution in [-0.2, 0) is 0 Å². The van der Waals surface area contributed by atoms with Crippen LogP contribution >= 0.6 is 0 Å². The third-order valence-corrected chi connectivity index (χ3v) is 4.67. The fraction of sp³-hybridized carbons (Fsp3) is 1.00. The summed E-state index contributed by atoms with van der Waals surface area (Å²) >= 11 is 0. The Labute approximate surface area is 90.5 Å². The van der Waals surface area contributed by atoms with E-state index in [0.717, 1.165) is 23.7 Å². The summed E-state index contributed by atoms with van der Waals surface area (Å²) in [5, 5.41) is 0. The second-order valence-electron chi connectivity index (χ2n) is 6.53. The van der Waals surface area contributed by atoms with Gasteiger partial charge in [0.1, 0.15) is 0 Å². The maximum Gasteiger partial charge on any atom is -0.0326 e. The first kappa shape index (κ1) is 12.1. The van der Waals surface area contributed by atoms with Crippen molar-refractivity contribution in [2.75, 3.05) is 0 Å². The predicted molar refractivity (Wildman–Crippen MR) is 64.3 cm³/mol. The lowest BCUT2D eigenvalue weighted by molar-refractivity contribution is 0.154. The van der Waals surface area contributed by atoms with Gasteiger partial charge in [-0.1, -0.05) is 41.5 Å². The molecular weight excluding hydrogens is 168 g/mol. The van der Waals surface area contributed by atoms with Crippen molar-refractivity contribution in [2.45, 2.75) is 60.8 Å². The summed E-state index contributed by atoms with van der Waals surface area (Å²) in [7, 11) is 0. The van der Waals surface area contributed by atoms with E-state index in [2.05, 4.69) is 41.5 Å². The van der Waals surface area contributed by atoms with E-state index < -0.39 is 0 Å². The average molecular weight is 196 g/mol. The average Bonchev–Trinajstić information content (AvgIpc) is 2.77. The number of hydrogen-bond acceptors (Lipinski definition) is 0. The summed E-state index contributed by atoms with van der Waals surface area (Å²) in [4.78, 5) is 0. The molecule has 1 aliphatic carbocycles. The van der Waals surface area contributed by atoms with Gasteiger partial charge in [-0.05, 0) is 48.3 Å². The summed E-state index contributed by atoms with van der Waals surface area (Å²) in [6.07, 6.45) is 4.37. The molecule has 0 N–H and O–H groups in total. The molecule has 0 nitrogen and oxygen atoms in total. The first-order chi connectivity index (χ1) is 6.34. The molecule has 3 atom stereocenters. The summed E-state index contributed by atoms with van der Waals surface area (Å²) in [6.45, 7) is 14.4. The van der Waals surface area contributed by atoms with E-state index in [4.69, 9.17) is 0 Å². The maximum absolute atomic E-state index is 2.45. The third kappa shape index (κ3) is 3.00. The molecule has 0 aromatic rings. The Balaban J connectivity index is 2.32. The Morgan fingerprint density at radius 3 is 2.07 bits per heavy atom. The van der Waals surface area contributed by atoms with Crippen molar-refractivity contribution >= 4 is 0 Å². The Hall–Kier alpha value is 0. The first-order valence-electron chi connectivity index (χ1n) is 6.34. The van der Waals surface area contributed by atoms with Gasteiger partial charge in [-0.3, -0.25) is 0 Å². The predicted octanol–water partition coefficient (Wildman–Crippen LogP) is 4.74. The molecule has 0 radical (unpaired) electrons. The van der Waals surface area contributed by atoms with Crippen LogP contribution in [0, 0.1) is 29.1 Å². The van der Waals surface area contributed by atoms with Crippen LogP contribution in [-0.4, -0.2) is 0 Å². The topological polar surface area (TPSA) is 0 Å². The summed E-state index contributed by atoms with van der Waals surface area (Å²) in [6, 6.07) is 0. The molecule has 1 rings (SSSR count). The van der Waals surface area contributed by atoms with E-state index in [1.54, 1.807) is 0 Å². The van der Waals surface area contributed by atoms with Crippen LogP contribution < -0.4 is 0 Å². The molecule has 1 fully saturated rings. The standard InChI is InChI=1S/C14H28/c1-10(2)12(4)14(5,6)8-7-13-9-11(13)3/h10-13H,7-9H2,1-6H3. The van der Waals surface area contributed by atoms with Crippen LogP contribution in [0.15, 0.2) is 0 Å². The van der Waals surface area contributed by atoms with E-state index >= 15 is 0 Å². The lowest BCUT2D eigenvalue weighted by Crippen LogP contribution is -2.26. The summed E-state index contributed by atoms with van der Waals surface area (Å²) in [5.74, 6) is 3.76. The highest BCUT2D eigenvalue weighted by atomic mass is 14.4. The van der Waals surface area contributed by atoms with Crippen molar-refractivity contribution in [2.24, 2.45) is 29.1 Å². The van der Waals surface area contributed by atoms with E-state index in [0.29, 0.717) is 5.41 Å². The zero-order valence-corrected chi connectivity index (χ0v) is 10.9. The van der Waals surface area contributed by atoms with E-state index in [1.807, 2.05) is 0 Å². The molecule has 0 amide bonds. The first-order valence-corrected chi connectivity index (χ1v) is 6.34. The maximum atomic E-state index is 2.45. The molecule has 0 aliphatic heterocycles. The van der Waals surface area contributed by atoms with Crippen molar-refractivity contribution in [3.8, 4) is 0 Å². The second kappa shape index (κ2) is 4.24. The highest BCUT2D eigenvalue weighted by molar-refractivity contribution is 4.86. The van der Waals surface area contributed by atoms with Crippen LogP contribution in [0.25, 0.3) is 0 Å². The van der Waals surface area contributed by atoms with Gasteiger partial charge in [0.05, 0.1) is 0 Å². The molecule has 1 saturated carbocycles. The Morgan fingerprint density at radius 2 is 1.71 bits per heavy atom. The van der Waals surface area contributed by atoms with Crippen molar-refractivity contribution in [1.29, 1.82) is 0 Å². The molecule has 0 bridgehead atoms. The van der Waals surface area contributed by atoms with E-state index in [-0.39, 0.29) is 0 Å². The largest absolute Gasteiger partial charge is 0.0625 e. The minimum Gasteiger partial charge on any atom is -0.0625 e. The van der Waals surface area contributed by atoms with Crippen molar-refractivity contribution in [1.82, 2.24) is 0 Å². The quantitative estimate of drug-likeness (QED) is 0.595. The minimum atomic E-state index is 0.538. The van der Waals surface area contributed by atoms with Gasteiger partial charge in [0.25, 0.3) is 0 Å². The molecular formula is C14H28. The molecule has 0 aromatic carbocycles. The van der Waals surface area contributed by atoms with Crippen molar-refractivity contribution < 1.29 is 0 Å². The van der Waals surface area contributed by atoms with Gasteiger partial charge in [-0.15, -0.1) is 0 Å². The molecule has 3 unspecified atom stereocenters. The fourth-order valence-electron chi connectivity index (χ4n) is 2.49. The van der Waals surface area contributed by atoms with Gasteiger partial charge in [0.15, 0.2) is 0 Å². The van der Waals surface area contributed by atoms with Crippen LogP contribution in [0.5, 0.6) is 0 Å². The smallest absolute Gasteiger partial charge is 0.0326 e. The fourth-order valence-corrected chi connectivity index (χ4v) is 2.49. The third-order valence-electron chi connectivity index (χ3n) is 4.67. The molecule has 1 aliphatic rings. The van der Waals surface area contributed by atoms with E-state index in [9.17, 15) is 0 Å². The van der Waals surface area contributed by atoms with Crippen molar-refractivity contribution in [3.63, 3.8) is 0 Å². The van der Waals surface area contributed by atoms with Gasteiger partial charge >= 0.3 is 0 Å². The molecule has 84 valence electrons. The number of rotatable bonds is 5. The summed E-state index contributed by atoms with van der Waals surface area (Å²) in [5.41, 5.74) is 0.538. The van der Waals surface area contributed by atoms with Crippen LogP contribution in [0.2, 0.25) is 0 Å². The van der Waals surface area contributed by atoms with Crippen molar-refractivity contribution in [3.05, 3.63) is 0 Å². The minimum absolute atomic E-state index is 0.538. The monoisotopic (exact) mass is 196 g/mol. The van der Waals surface area contributed by atoms with Gasteiger partial charge in [-0.2, -0.15) is 0 Å². The Morgan fingerprint density at radius 1 is 1.21 bits per heavy atom. The van der Waals surface area contributed by atoms with Gasteiger partial charge < -0.3 is 0 Å². The second-order valence-corrected chi connectivity index (χ2v) is 6.53. The van der Waals surface area contributed by atoms with Crippen LogP contribution in [0.3, 0.4) is 0 Å². The molecule has 14 heavy (non-hydrogen) atoms. The SMILES string of the molecule is CC(C)C(C)C(C)(C)CCC1CC1C. The number of hydrogen-bond donors (Lipinski definition) is 0. The van der Waals surface area contributed by atoms with Crippen LogP contribution in [0.1, 0.15) is 60.8 Å². The van der Waals surface area contributed by atoms with Gasteiger partial charge in [0.2, 0.25) is 0 Å². The highest BCUT2D eigenvalue weighted by Gasteiger charge is 2.35. The molecule has 0 spiro atoms. The van der Waals surface area contributed by atoms with E-state index in [1.165, 1.54) is 19.3 Å². The molecule has 0 saturated heterocycles. The normalized spacial score (nSPS) is 29.4. The lowest BCUT2D eigenvalue weighted by atomic mass is 9.71. The Kier molecular flexibility index (Phi) is 3.66. The zero-order valence-electron chi connectivity index (χ0n) is 10.9. The lowest BCUT2D eigenvalue weighted by Gasteiger charge is -2.35. The summed E-state index contributed by atoms with van der Waals surface area (Å²) < 4.78 is 0.